The summed E-state index contributed by atoms with van der Waals surface area (Å²) in [4.78, 5) is 0.199. The maximum atomic E-state index is 12.7. The van der Waals surface area contributed by atoms with Gasteiger partial charge in [0.05, 0.1) is 11.5 Å². The fourth-order valence-electron chi connectivity index (χ4n) is 3.15. The zero-order valence-corrected chi connectivity index (χ0v) is 17.0. The van der Waals surface area contributed by atoms with E-state index < -0.39 is 10.0 Å². The maximum Gasteiger partial charge on any atom is 0.261 e. The Balaban J connectivity index is 1.26. The highest BCUT2D eigenvalue weighted by Gasteiger charge is 2.19. The van der Waals surface area contributed by atoms with Crippen molar-refractivity contribution in [3.63, 3.8) is 0 Å². The molecule has 0 fully saturated rings. The van der Waals surface area contributed by atoms with Gasteiger partial charge in [-0.2, -0.15) is 5.10 Å². The Morgan fingerprint density at radius 3 is 2.65 bits per heavy atom. The molecule has 2 aromatic carbocycles. The van der Waals surface area contributed by atoms with Gasteiger partial charge in [-0.1, -0.05) is 0 Å². The van der Waals surface area contributed by atoms with Crippen molar-refractivity contribution in [1.82, 2.24) is 20.0 Å². The van der Waals surface area contributed by atoms with Crippen LogP contribution in [0.15, 0.2) is 78.0 Å². The number of hydrogen-bond acceptors (Lipinski definition) is 7. The van der Waals surface area contributed by atoms with Crippen LogP contribution in [-0.2, 0) is 16.4 Å². The smallest absolute Gasteiger partial charge is 0.261 e. The highest BCUT2D eigenvalue weighted by Crippen LogP contribution is 2.29. The second kappa shape index (κ2) is 7.73. The number of rotatable bonds is 6. The molecule has 0 saturated heterocycles. The summed E-state index contributed by atoms with van der Waals surface area (Å²) in [6.07, 6.45) is 4.12. The largest absolute Gasteiger partial charge is 0.493 e. The lowest BCUT2D eigenvalue weighted by Gasteiger charge is -2.10. The van der Waals surface area contributed by atoms with E-state index in [-0.39, 0.29) is 4.90 Å². The first-order valence-corrected chi connectivity index (χ1v) is 11.0. The second-order valence-electron chi connectivity index (χ2n) is 6.78. The number of benzene rings is 2. The molecule has 0 amide bonds. The van der Waals surface area contributed by atoms with E-state index in [9.17, 15) is 8.42 Å². The molecular weight excluding hydrogens is 418 g/mol. The minimum absolute atomic E-state index is 0.199. The SMILES string of the molecule is O=S(=O)(Nc1ccc(Oc2ccc(-n3cccn3)nn2)cc1)c1ccc2c(c1)CCO2. The van der Waals surface area contributed by atoms with E-state index >= 15 is 0 Å². The first kappa shape index (κ1) is 19.1. The number of fused-ring (bicyclic) bond motifs is 1. The van der Waals surface area contributed by atoms with Gasteiger partial charge in [0.15, 0.2) is 5.82 Å². The molecule has 31 heavy (non-hydrogen) atoms. The highest BCUT2D eigenvalue weighted by molar-refractivity contribution is 7.92. The summed E-state index contributed by atoms with van der Waals surface area (Å²) in [5.74, 6) is 2.12. The molecule has 1 N–H and O–H groups in total. The van der Waals surface area contributed by atoms with Crippen molar-refractivity contribution in [2.45, 2.75) is 11.3 Å². The molecule has 10 heteroatoms. The predicted molar refractivity (Wildman–Crippen MR) is 112 cm³/mol. The van der Waals surface area contributed by atoms with Crippen molar-refractivity contribution in [3.8, 4) is 23.2 Å². The lowest BCUT2D eigenvalue weighted by molar-refractivity contribution is 0.356. The van der Waals surface area contributed by atoms with Crippen LogP contribution in [0.4, 0.5) is 5.69 Å². The van der Waals surface area contributed by atoms with Gasteiger partial charge < -0.3 is 9.47 Å². The number of anilines is 1. The van der Waals surface area contributed by atoms with E-state index in [1.807, 2.05) is 0 Å². The molecule has 0 atom stereocenters. The molecule has 0 spiro atoms. The van der Waals surface area contributed by atoms with Crippen molar-refractivity contribution in [2.75, 3.05) is 11.3 Å². The molecule has 0 bridgehead atoms. The van der Waals surface area contributed by atoms with Crippen LogP contribution in [0.1, 0.15) is 5.56 Å². The molecule has 2 aromatic heterocycles. The first-order chi connectivity index (χ1) is 15.1. The quantitative estimate of drug-likeness (QED) is 0.495. The van der Waals surface area contributed by atoms with Gasteiger partial charge in [0.1, 0.15) is 11.5 Å². The van der Waals surface area contributed by atoms with Crippen LogP contribution >= 0.6 is 0 Å². The lowest BCUT2D eigenvalue weighted by atomic mass is 10.2. The minimum atomic E-state index is -3.71. The number of sulfonamides is 1. The molecule has 156 valence electrons. The molecule has 1 aliphatic rings. The molecule has 9 nitrogen and oxygen atoms in total. The Kier molecular flexibility index (Phi) is 4.75. The average Bonchev–Trinajstić information content (AvgIpc) is 3.47. The zero-order chi connectivity index (χ0) is 21.3. The Hall–Kier alpha value is -3.92. The number of aromatic nitrogens is 4. The highest BCUT2D eigenvalue weighted by atomic mass is 32.2. The van der Waals surface area contributed by atoms with E-state index in [0.29, 0.717) is 36.2 Å². The average molecular weight is 435 g/mol. The fraction of sp³-hybridized carbons (Fsp3) is 0.0952. The van der Waals surface area contributed by atoms with Gasteiger partial charge in [-0.05, 0) is 60.2 Å². The molecule has 0 saturated carbocycles. The maximum absolute atomic E-state index is 12.7. The monoisotopic (exact) mass is 435 g/mol. The summed E-state index contributed by atoms with van der Waals surface area (Å²) in [5.41, 5.74) is 1.32. The van der Waals surface area contributed by atoms with Crippen LogP contribution < -0.4 is 14.2 Å². The summed E-state index contributed by atoms with van der Waals surface area (Å²) in [7, 11) is -3.71. The van der Waals surface area contributed by atoms with Gasteiger partial charge in [-0.15, -0.1) is 10.2 Å². The molecule has 4 aromatic rings. The fourth-order valence-corrected chi connectivity index (χ4v) is 4.26. The summed E-state index contributed by atoms with van der Waals surface area (Å²) in [6, 6.07) is 16.6. The molecule has 0 aliphatic carbocycles. The molecular formula is C21H17N5O4S. The van der Waals surface area contributed by atoms with Gasteiger partial charge in [-0.25, -0.2) is 13.1 Å². The van der Waals surface area contributed by atoms with Crippen LogP contribution in [0.5, 0.6) is 17.4 Å². The Morgan fingerprint density at radius 1 is 1.03 bits per heavy atom. The van der Waals surface area contributed by atoms with Crippen molar-refractivity contribution in [1.29, 1.82) is 0 Å². The van der Waals surface area contributed by atoms with Gasteiger partial charge >= 0.3 is 0 Å². The Morgan fingerprint density at radius 2 is 1.90 bits per heavy atom. The molecule has 0 radical (unpaired) electrons. The standard InChI is InChI=1S/C21H17N5O4S/c27-31(28,18-6-7-19-15(14-18)10-13-29-19)25-16-2-4-17(5-3-16)30-21-9-8-20(23-24-21)26-12-1-11-22-26/h1-9,11-12,14,25H,10,13H2. The van der Waals surface area contributed by atoms with E-state index in [2.05, 4.69) is 20.0 Å². The lowest BCUT2D eigenvalue weighted by Crippen LogP contribution is -2.13. The van der Waals surface area contributed by atoms with Gasteiger partial charge in [0.25, 0.3) is 10.0 Å². The van der Waals surface area contributed by atoms with Gasteiger partial charge in [-0.3, -0.25) is 4.72 Å². The van der Waals surface area contributed by atoms with E-state index in [4.69, 9.17) is 9.47 Å². The van der Waals surface area contributed by atoms with Crippen LogP contribution in [0.2, 0.25) is 0 Å². The van der Waals surface area contributed by atoms with Crippen molar-refractivity contribution in [2.24, 2.45) is 0 Å². The topological polar surface area (TPSA) is 108 Å². The molecule has 1 aliphatic heterocycles. The summed E-state index contributed by atoms with van der Waals surface area (Å²) < 4.78 is 40.7. The zero-order valence-electron chi connectivity index (χ0n) is 16.2. The number of ether oxygens (including phenoxy) is 2. The van der Waals surface area contributed by atoms with Crippen LogP contribution in [-0.4, -0.2) is 35.0 Å². The second-order valence-corrected chi connectivity index (χ2v) is 8.46. The van der Waals surface area contributed by atoms with Crippen molar-refractivity contribution >= 4 is 15.7 Å². The normalized spacial score (nSPS) is 12.8. The summed E-state index contributed by atoms with van der Waals surface area (Å²) in [5, 5.41) is 12.2. The predicted octanol–water partition coefficient (Wildman–Crippen LogP) is 3.19. The number of nitrogens with zero attached hydrogens (tertiary/aromatic N) is 4. The molecule has 3 heterocycles. The third-order valence-electron chi connectivity index (χ3n) is 4.67. The molecule has 5 rings (SSSR count). The van der Waals surface area contributed by atoms with Crippen molar-refractivity contribution < 1.29 is 17.9 Å². The van der Waals surface area contributed by atoms with Gasteiger partial charge in [0.2, 0.25) is 5.88 Å². The van der Waals surface area contributed by atoms with E-state index in [1.165, 1.54) is 6.07 Å². The third-order valence-corrected chi connectivity index (χ3v) is 6.04. The minimum Gasteiger partial charge on any atom is -0.493 e. The Bertz CT molecular complexity index is 1310. The summed E-state index contributed by atoms with van der Waals surface area (Å²) >= 11 is 0. The van der Waals surface area contributed by atoms with Crippen LogP contribution in [0.25, 0.3) is 5.82 Å². The first-order valence-electron chi connectivity index (χ1n) is 9.47. The number of nitrogens with one attached hydrogen (secondary N) is 1. The van der Waals surface area contributed by atoms with Crippen LogP contribution in [0, 0.1) is 0 Å². The molecule has 0 unspecified atom stereocenters. The Labute approximate surface area is 178 Å². The summed E-state index contributed by atoms with van der Waals surface area (Å²) in [6.45, 7) is 0.573. The number of hydrogen-bond donors (Lipinski definition) is 1. The van der Waals surface area contributed by atoms with E-state index in [1.54, 1.807) is 71.7 Å². The third kappa shape index (κ3) is 4.05. The van der Waals surface area contributed by atoms with E-state index in [0.717, 1.165) is 11.3 Å². The van der Waals surface area contributed by atoms with Gasteiger partial charge in [0, 0.05) is 30.6 Å². The van der Waals surface area contributed by atoms with Crippen molar-refractivity contribution in [3.05, 3.63) is 78.6 Å². The van der Waals surface area contributed by atoms with Crippen LogP contribution in [0.3, 0.4) is 0 Å².